The highest BCUT2D eigenvalue weighted by Gasteiger charge is 2.33. The number of fused-ring (bicyclic) bond motifs is 2. The van der Waals surface area contributed by atoms with Gasteiger partial charge in [-0.2, -0.15) is 5.26 Å². The summed E-state index contributed by atoms with van der Waals surface area (Å²) in [5.41, 5.74) is 4.70. The Morgan fingerprint density at radius 1 is 1.19 bits per heavy atom. The summed E-state index contributed by atoms with van der Waals surface area (Å²) in [5, 5.41) is 12.0. The zero-order chi connectivity index (χ0) is 29.1. The number of carbonyl (C=O) groups excluding carboxylic acids is 1. The van der Waals surface area contributed by atoms with Gasteiger partial charge in [0.15, 0.2) is 0 Å². The molecule has 0 spiro atoms. The van der Waals surface area contributed by atoms with Crippen molar-refractivity contribution in [2.75, 3.05) is 55.8 Å². The Morgan fingerprint density at radius 3 is 2.83 bits per heavy atom. The highest BCUT2D eigenvalue weighted by molar-refractivity contribution is 5.97. The maximum absolute atomic E-state index is 12.5. The first-order valence-electron chi connectivity index (χ1n) is 14.9. The van der Waals surface area contributed by atoms with E-state index in [2.05, 4.69) is 65.8 Å². The number of nitrogens with zero attached hydrogens (tertiary/aromatic N) is 6. The number of ether oxygens (including phenoxy) is 2. The second kappa shape index (κ2) is 12.5. The fourth-order valence-corrected chi connectivity index (χ4v) is 6.50. The van der Waals surface area contributed by atoms with Crippen molar-refractivity contribution in [3.8, 4) is 6.07 Å². The van der Waals surface area contributed by atoms with E-state index in [-0.39, 0.29) is 24.5 Å². The van der Waals surface area contributed by atoms with Crippen LogP contribution in [0, 0.1) is 18.3 Å². The lowest BCUT2D eigenvalue weighted by Crippen LogP contribution is -2.55. The van der Waals surface area contributed by atoms with Crippen LogP contribution in [0.2, 0.25) is 0 Å². The number of benzene rings is 2. The smallest absolute Gasteiger partial charge is 0.246 e. The van der Waals surface area contributed by atoms with E-state index < -0.39 is 0 Å². The molecule has 0 aliphatic carbocycles. The van der Waals surface area contributed by atoms with Gasteiger partial charge in [0, 0.05) is 55.8 Å². The Labute approximate surface area is 247 Å². The molecule has 42 heavy (non-hydrogen) atoms. The number of aryl methyl sites for hydroxylation is 1. The van der Waals surface area contributed by atoms with Crippen LogP contribution in [0.1, 0.15) is 35.5 Å². The number of rotatable bonds is 8. The molecule has 0 saturated carbocycles. The summed E-state index contributed by atoms with van der Waals surface area (Å²) < 4.78 is 11.5. The Morgan fingerprint density at radius 2 is 2.05 bits per heavy atom. The van der Waals surface area contributed by atoms with Gasteiger partial charge in [-0.25, -0.2) is 9.97 Å². The monoisotopic (exact) mass is 566 g/mol. The summed E-state index contributed by atoms with van der Waals surface area (Å²) in [6, 6.07) is 15.0. The molecule has 4 heterocycles. The van der Waals surface area contributed by atoms with Crippen LogP contribution in [-0.2, 0) is 33.7 Å². The molecule has 6 rings (SSSR count). The van der Waals surface area contributed by atoms with Gasteiger partial charge in [0.05, 0.1) is 50.1 Å². The maximum atomic E-state index is 12.5. The van der Waals surface area contributed by atoms with Gasteiger partial charge >= 0.3 is 0 Å². The van der Waals surface area contributed by atoms with Crippen LogP contribution in [-0.4, -0.2) is 78.9 Å². The van der Waals surface area contributed by atoms with Crippen LogP contribution in [0.25, 0.3) is 10.8 Å². The van der Waals surface area contributed by atoms with Crippen molar-refractivity contribution in [3.63, 3.8) is 0 Å². The van der Waals surface area contributed by atoms with Crippen LogP contribution < -0.4 is 9.80 Å². The first-order valence-corrected chi connectivity index (χ1v) is 14.9. The number of hydrogen-bond acceptors (Lipinski definition) is 8. The van der Waals surface area contributed by atoms with E-state index in [9.17, 15) is 10.1 Å². The van der Waals surface area contributed by atoms with Crippen molar-refractivity contribution >= 4 is 28.2 Å². The minimum atomic E-state index is -0.215. The SMILES string of the molecule is C=CC(=O)N1CCN(c2nc(CCOC3CCOC3)nc3c2CCN(c2cccc4cccc(C)c24)C3)CC1CC#N. The lowest BCUT2D eigenvalue weighted by atomic mass is 9.99. The normalized spacial score (nSPS) is 20.4. The maximum Gasteiger partial charge on any atom is 0.246 e. The van der Waals surface area contributed by atoms with Gasteiger partial charge in [-0.15, -0.1) is 0 Å². The van der Waals surface area contributed by atoms with Crippen LogP contribution in [0.4, 0.5) is 11.5 Å². The largest absolute Gasteiger partial charge is 0.379 e. The minimum absolute atomic E-state index is 0.130. The minimum Gasteiger partial charge on any atom is -0.379 e. The molecule has 0 bridgehead atoms. The molecule has 2 saturated heterocycles. The number of piperazine rings is 1. The zero-order valence-corrected chi connectivity index (χ0v) is 24.3. The highest BCUT2D eigenvalue weighted by Crippen LogP contribution is 2.35. The van der Waals surface area contributed by atoms with Gasteiger partial charge in [0.1, 0.15) is 11.6 Å². The van der Waals surface area contributed by atoms with Crippen LogP contribution in [0.3, 0.4) is 0 Å². The summed E-state index contributed by atoms with van der Waals surface area (Å²) in [4.78, 5) is 29.2. The van der Waals surface area contributed by atoms with E-state index in [1.807, 2.05) is 0 Å². The third kappa shape index (κ3) is 5.69. The number of hydrogen-bond donors (Lipinski definition) is 0. The van der Waals surface area contributed by atoms with E-state index in [1.165, 1.54) is 28.1 Å². The molecule has 0 N–H and O–H groups in total. The fourth-order valence-electron chi connectivity index (χ4n) is 6.50. The topological polar surface area (TPSA) is 94.8 Å². The third-order valence-corrected chi connectivity index (χ3v) is 8.66. The summed E-state index contributed by atoms with van der Waals surface area (Å²) >= 11 is 0. The Hall–Kier alpha value is -4.00. The van der Waals surface area contributed by atoms with E-state index in [4.69, 9.17) is 19.4 Å². The van der Waals surface area contributed by atoms with Gasteiger partial charge in [-0.3, -0.25) is 4.79 Å². The quantitative estimate of drug-likeness (QED) is 0.378. The van der Waals surface area contributed by atoms with Crippen molar-refractivity contribution < 1.29 is 14.3 Å². The second-order valence-corrected chi connectivity index (χ2v) is 11.3. The van der Waals surface area contributed by atoms with Crippen molar-refractivity contribution in [2.24, 2.45) is 0 Å². The Bertz CT molecular complexity index is 1510. The lowest BCUT2D eigenvalue weighted by Gasteiger charge is -2.42. The van der Waals surface area contributed by atoms with Crippen molar-refractivity contribution in [1.82, 2.24) is 14.9 Å². The molecule has 1 amide bonds. The molecular weight excluding hydrogens is 528 g/mol. The first kappa shape index (κ1) is 28.1. The predicted molar refractivity (Wildman–Crippen MR) is 162 cm³/mol. The molecule has 9 heteroatoms. The van der Waals surface area contributed by atoms with Crippen LogP contribution in [0.5, 0.6) is 0 Å². The molecule has 2 fully saturated rings. The molecular formula is C33H38N6O3. The molecule has 2 aromatic carbocycles. The fraction of sp³-hybridized carbons (Fsp3) is 0.455. The van der Waals surface area contributed by atoms with Gasteiger partial charge in [-0.05, 0) is 42.9 Å². The molecule has 1 aromatic heterocycles. The summed E-state index contributed by atoms with van der Waals surface area (Å²) in [6.07, 6.45) is 4.09. The predicted octanol–water partition coefficient (Wildman–Crippen LogP) is 3.97. The first-order chi connectivity index (χ1) is 20.6. The Kier molecular flexibility index (Phi) is 8.36. The molecule has 218 valence electrons. The van der Waals surface area contributed by atoms with E-state index in [1.54, 1.807) is 4.90 Å². The van der Waals surface area contributed by atoms with E-state index in [0.717, 1.165) is 48.9 Å². The Balaban J connectivity index is 1.31. The molecule has 2 unspecified atom stereocenters. The van der Waals surface area contributed by atoms with E-state index in [0.29, 0.717) is 45.8 Å². The summed E-state index contributed by atoms with van der Waals surface area (Å²) in [6.45, 7) is 11.0. The van der Waals surface area contributed by atoms with Crippen molar-refractivity contribution in [3.05, 3.63) is 71.7 Å². The molecule has 3 aromatic rings. The average molecular weight is 567 g/mol. The standard InChI is InChI=1S/C33H38N6O3/c1-3-31(40)39-17-16-38(20-25(39)10-14-34)33-27-11-15-37(29-9-5-8-24-7-4-6-23(2)32(24)29)21-28(27)35-30(36-33)13-19-42-26-12-18-41-22-26/h3-9,25-26H,1,10-13,15-22H2,2H3. The summed E-state index contributed by atoms with van der Waals surface area (Å²) in [7, 11) is 0. The molecule has 9 nitrogen and oxygen atoms in total. The number of carbonyl (C=O) groups is 1. The van der Waals surface area contributed by atoms with Crippen LogP contribution in [0.15, 0.2) is 49.1 Å². The molecule has 3 aliphatic rings. The van der Waals surface area contributed by atoms with Gasteiger partial charge < -0.3 is 24.2 Å². The van der Waals surface area contributed by atoms with E-state index >= 15 is 0 Å². The summed E-state index contributed by atoms with van der Waals surface area (Å²) in [5.74, 6) is 1.57. The second-order valence-electron chi connectivity index (χ2n) is 11.3. The van der Waals surface area contributed by atoms with Crippen molar-refractivity contribution in [2.45, 2.75) is 51.3 Å². The third-order valence-electron chi connectivity index (χ3n) is 8.66. The highest BCUT2D eigenvalue weighted by atomic mass is 16.5. The number of amides is 1. The van der Waals surface area contributed by atoms with Gasteiger partial charge in [0.2, 0.25) is 5.91 Å². The molecule has 2 atom stereocenters. The van der Waals surface area contributed by atoms with Crippen LogP contribution >= 0.6 is 0 Å². The molecule has 0 radical (unpaired) electrons. The van der Waals surface area contributed by atoms with Crippen molar-refractivity contribution in [1.29, 1.82) is 5.26 Å². The number of anilines is 2. The van der Waals surface area contributed by atoms with Gasteiger partial charge in [0.25, 0.3) is 0 Å². The number of aromatic nitrogens is 2. The van der Waals surface area contributed by atoms with Gasteiger partial charge in [-0.1, -0.05) is 36.9 Å². The lowest BCUT2D eigenvalue weighted by molar-refractivity contribution is -0.128. The number of nitriles is 1. The molecule has 3 aliphatic heterocycles. The zero-order valence-electron chi connectivity index (χ0n) is 24.3. The average Bonchev–Trinajstić information content (AvgIpc) is 3.54.